The fraction of sp³-hybridized carbons (Fsp3) is 0.500. The van der Waals surface area contributed by atoms with Crippen molar-refractivity contribution in [2.45, 2.75) is 25.8 Å². The van der Waals surface area contributed by atoms with Crippen molar-refractivity contribution >= 4 is 5.91 Å². The van der Waals surface area contributed by atoms with Crippen molar-refractivity contribution in [2.75, 3.05) is 19.8 Å². The van der Waals surface area contributed by atoms with E-state index in [2.05, 4.69) is 0 Å². The van der Waals surface area contributed by atoms with Crippen LogP contribution in [0.5, 0.6) is 5.75 Å². The van der Waals surface area contributed by atoms with Crippen molar-refractivity contribution in [1.82, 2.24) is 4.90 Å². The topological polar surface area (TPSA) is 49.8 Å². The third kappa shape index (κ3) is 2.82. The number of para-hydroxylation sites is 1. The lowest BCUT2D eigenvalue weighted by molar-refractivity contribution is -0.134. The van der Waals surface area contributed by atoms with Crippen molar-refractivity contribution < 1.29 is 14.6 Å². The Bertz CT molecular complexity index is 419. The SMILES string of the molecule is Cc1ccccc1OCC(=O)N1CCC[C@@H]1CO. The molecular formula is C14H19NO3. The van der Waals surface area contributed by atoms with Gasteiger partial charge in [0.25, 0.3) is 5.91 Å². The maximum Gasteiger partial charge on any atom is 0.260 e. The van der Waals surface area contributed by atoms with Crippen molar-refractivity contribution in [2.24, 2.45) is 0 Å². The van der Waals surface area contributed by atoms with Crippen LogP contribution in [0.25, 0.3) is 0 Å². The van der Waals surface area contributed by atoms with E-state index in [-0.39, 0.29) is 25.2 Å². The van der Waals surface area contributed by atoms with E-state index in [0.717, 1.165) is 30.7 Å². The highest BCUT2D eigenvalue weighted by atomic mass is 16.5. The summed E-state index contributed by atoms with van der Waals surface area (Å²) in [5, 5.41) is 9.18. The number of carbonyl (C=O) groups is 1. The second-order valence-corrected chi connectivity index (χ2v) is 4.62. The molecule has 4 heteroatoms. The van der Waals surface area contributed by atoms with Crippen molar-refractivity contribution in [3.8, 4) is 5.75 Å². The van der Waals surface area contributed by atoms with Gasteiger partial charge in [-0.2, -0.15) is 0 Å². The molecule has 18 heavy (non-hydrogen) atoms. The summed E-state index contributed by atoms with van der Waals surface area (Å²) >= 11 is 0. The van der Waals surface area contributed by atoms with Gasteiger partial charge < -0.3 is 14.7 Å². The standard InChI is InChI=1S/C14H19NO3/c1-11-5-2-3-7-13(11)18-10-14(17)15-8-4-6-12(15)9-16/h2-3,5,7,12,16H,4,6,8-10H2,1H3/t12-/m1/s1. The predicted molar refractivity (Wildman–Crippen MR) is 68.5 cm³/mol. The average Bonchev–Trinajstić information content (AvgIpc) is 2.86. The molecule has 1 saturated heterocycles. The van der Waals surface area contributed by atoms with Gasteiger partial charge in [0.15, 0.2) is 6.61 Å². The molecule has 0 spiro atoms. The molecule has 0 saturated carbocycles. The lowest BCUT2D eigenvalue weighted by atomic mass is 10.2. The number of nitrogens with zero attached hydrogens (tertiary/aromatic N) is 1. The minimum Gasteiger partial charge on any atom is -0.484 e. The number of carbonyl (C=O) groups excluding carboxylic acids is 1. The summed E-state index contributed by atoms with van der Waals surface area (Å²) in [5.74, 6) is 0.695. The maximum absolute atomic E-state index is 12.0. The zero-order valence-electron chi connectivity index (χ0n) is 10.6. The minimum absolute atomic E-state index is 0.0297. The summed E-state index contributed by atoms with van der Waals surface area (Å²) in [7, 11) is 0. The van der Waals surface area contributed by atoms with Crippen LogP contribution in [0.4, 0.5) is 0 Å². The number of benzene rings is 1. The van der Waals surface area contributed by atoms with Gasteiger partial charge >= 0.3 is 0 Å². The monoisotopic (exact) mass is 249 g/mol. The van der Waals surface area contributed by atoms with Crippen molar-refractivity contribution in [3.63, 3.8) is 0 Å². The van der Waals surface area contributed by atoms with Crippen LogP contribution >= 0.6 is 0 Å². The fourth-order valence-corrected chi connectivity index (χ4v) is 2.29. The number of amides is 1. The molecular weight excluding hydrogens is 230 g/mol. The second-order valence-electron chi connectivity index (χ2n) is 4.62. The normalized spacial score (nSPS) is 19.0. The van der Waals surface area contributed by atoms with Crippen LogP contribution < -0.4 is 4.74 Å². The Balaban J connectivity index is 1.90. The third-order valence-electron chi connectivity index (χ3n) is 3.35. The largest absolute Gasteiger partial charge is 0.484 e. The van der Waals surface area contributed by atoms with Gasteiger partial charge in [-0.3, -0.25) is 4.79 Å². The van der Waals surface area contributed by atoms with Gasteiger partial charge in [0.05, 0.1) is 12.6 Å². The van der Waals surface area contributed by atoms with Gasteiger partial charge in [-0.1, -0.05) is 18.2 Å². The van der Waals surface area contributed by atoms with Gasteiger partial charge in [-0.05, 0) is 31.4 Å². The molecule has 1 aromatic carbocycles. The second kappa shape index (κ2) is 5.87. The number of aliphatic hydroxyl groups is 1. The summed E-state index contributed by atoms with van der Waals surface area (Å²) in [6.45, 7) is 2.75. The first kappa shape index (κ1) is 12.9. The van der Waals surface area contributed by atoms with E-state index in [1.54, 1.807) is 4.90 Å². The molecule has 1 fully saturated rings. The summed E-state index contributed by atoms with van der Waals surface area (Å²) in [6.07, 6.45) is 1.84. The zero-order chi connectivity index (χ0) is 13.0. The van der Waals surface area contributed by atoms with E-state index in [4.69, 9.17) is 4.74 Å². The summed E-state index contributed by atoms with van der Waals surface area (Å²) < 4.78 is 5.53. The Morgan fingerprint density at radius 3 is 3.00 bits per heavy atom. The van der Waals surface area contributed by atoms with Crippen molar-refractivity contribution in [3.05, 3.63) is 29.8 Å². The molecule has 1 N–H and O–H groups in total. The van der Waals surface area contributed by atoms with Crippen LogP contribution in [0.1, 0.15) is 18.4 Å². The Labute approximate surface area is 107 Å². The molecule has 1 amide bonds. The lowest BCUT2D eigenvalue weighted by Crippen LogP contribution is -2.40. The van der Waals surface area contributed by atoms with Crippen molar-refractivity contribution in [1.29, 1.82) is 0 Å². The van der Waals surface area contributed by atoms with E-state index in [1.807, 2.05) is 31.2 Å². The van der Waals surface area contributed by atoms with Crippen LogP contribution in [0.3, 0.4) is 0 Å². The quantitative estimate of drug-likeness (QED) is 0.876. The number of rotatable bonds is 4. The van der Waals surface area contributed by atoms with E-state index < -0.39 is 0 Å². The van der Waals surface area contributed by atoms with Gasteiger partial charge in [0.2, 0.25) is 0 Å². The first-order valence-corrected chi connectivity index (χ1v) is 6.31. The van der Waals surface area contributed by atoms with Gasteiger partial charge in [-0.25, -0.2) is 0 Å². The molecule has 1 heterocycles. The van der Waals surface area contributed by atoms with E-state index in [0.29, 0.717) is 0 Å². The first-order valence-electron chi connectivity index (χ1n) is 6.31. The van der Waals surface area contributed by atoms with Crippen LogP contribution in [-0.2, 0) is 4.79 Å². The molecule has 2 rings (SSSR count). The Morgan fingerprint density at radius 1 is 1.50 bits per heavy atom. The number of likely N-dealkylation sites (tertiary alicyclic amines) is 1. The molecule has 0 aliphatic carbocycles. The molecule has 0 bridgehead atoms. The molecule has 1 atom stereocenters. The van der Waals surface area contributed by atoms with Gasteiger partial charge in [0, 0.05) is 6.54 Å². The summed E-state index contributed by atoms with van der Waals surface area (Å²) in [5.41, 5.74) is 1.02. The Morgan fingerprint density at radius 2 is 2.28 bits per heavy atom. The number of hydrogen-bond acceptors (Lipinski definition) is 3. The Kier molecular flexibility index (Phi) is 4.20. The van der Waals surface area contributed by atoms with E-state index in [1.165, 1.54) is 0 Å². The molecule has 98 valence electrons. The molecule has 1 aliphatic rings. The molecule has 0 unspecified atom stereocenters. The van der Waals surface area contributed by atoms with Crippen LogP contribution in [-0.4, -0.2) is 41.7 Å². The molecule has 4 nitrogen and oxygen atoms in total. The molecule has 1 aromatic rings. The maximum atomic E-state index is 12.0. The number of aliphatic hydroxyl groups excluding tert-OH is 1. The van der Waals surface area contributed by atoms with Crippen LogP contribution in [0, 0.1) is 6.92 Å². The summed E-state index contributed by atoms with van der Waals surface area (Å²) in [6, 6.07) is 7.60. The molecule has 0 aromatic heterocycles. The minimum atomic E-state index is -0.0465. The summed E-state index contributed by atoms with van der Waals surface area (Å²) in [4.78, 5) is 13.7. The van der Waals surface area contributed by atoms with Crippen LogP contribution in [0.15, 0.2) is 24.3 Å². The molecule has 0 radical (unpaired) electrons. The third-order valence-corrected chi connectivity index (χ3v) is 3.35. The van der Waals surface area contributed by atoms with E-state index in [9.17, 15) is 9.90 Å². The highest BCUT2D eigenvalue weighted by Gasteiger charge is 2.28. The lowest BCUT2D eigenvalue weighted by Gasteiger charge is -2.23. The van der Waals surface area contributed by atoms with Crippen LogP contribution in [0.2, 0.25) is 0 Å². The highest BCUT2D eigenvalue weighted by molar-refractivity contribution is 5.78. The van der Waals surface area contributed by atoms with Gasteiger partial charge in [0.1, 0.15) is 5.75 Å². The first-order chi connectivity index (χ1) is 8.72. The fourth-order valence-electron chi connectivity index (χ4n) is 2.29. The average molecular weight is 249 g/mol. The predicted octanol–water partition coefficient (Wildman–Crippen LogP) is 1.36. The highest BCUT2D eigenvalue weighted by Crippen LogP contribution is 2.19. The smallest absolute Gasteiger partial charge is 0.260 e. The number of hydrogen-bond donors (Lipinski definition) is 1. The number of aryl methyl sites for hydroxylation is 1. The van der Waals surface area contributed by atoms with Gasteiger partial charge in [-0.15, -0.1) is 0 Å². The van der Waals surface area contributed by atoms with E-state index >= 15 is 0 Å². The number of ether oxygens (including phenoxy) is 1. The zero-order valence-corrected chi connectivity index (χ0v) is 10.6. The molecule has 1 aliphatic heterocycles. The Hall–Kier alpha value is -1.55.